The van der Waals surface area contributed by atoms with Crippen LogP contribution in [-0.2, 0) is 0 Å². The van der Waals surface area contributed by atoms with Crippen LogP contribution in [-0.4, -0.2) is 0 Å². The van der Waals surface area contributed by atoms with E-state index in [0.29, 0.717) is 10.2 Å². The topological polar surface area (TPSA) is 39.2 Å². The monoisotopic (exact) mass is 287 g/mol. The second-order valence-corrected chi connectivity index (χ2v) is 4.01. The molecular weight excluding hydrogens is 280 g/mol. The van der Waals surface area contributed by atoms with E-state index in [2.05, 4.69) is 15.9 Å². The summed E-state index contributed by atoms with van der Waals surface area (Å²) in [4.78, 5) is 0. The van der Waals surface area contributed by atoms with E-state index >= 15 is 0 Å². The van der Waals surface area contributed by atoms with Gasteiger partial charge in [0.05, 0.1) is 12.3 Å². The average Bonchev–Trinajstić information content (AvgIpc) is 2.67. The van der Waals surface area contributed by atoms with E-state index in [-0.39, 0.29) is 5.56 Å². The van der Waals surface area contributed by atoms with Gasteiger partial charge in [0.1, 0.15) is 11.6 Å². The molecule has 1 aromatic carbocycles. The summed E-state index contributed by atoms with van der Waals surface area (Å²) in [6.45, 7) is 0. The Labute approximate surface area is 99.2 Å². The first-order valence-electron chi connectivity index (χ1n) is 4.53. The van der Waals surface area contributed by atoms with Crippen LogP contribution in [0, 0.1) is 11.6 Å². The smallest absolute Gasteiger partial charge is 0.174 e. The Morgan fingerprint density at radius 1 is 1.19 bits per heavy atom. The molecule has 0 saturated carbocycles. The summed E-state index contributed by atoms with van der Waals surface area (Å²) in [5.74, 6) is -1.06. The molecule has 0 fully saturated rings. The van der Waals surface area contributed by atoms with E-state index in [1.54, 1.807) is 6.07 Å². The zero-order valence-electron chi connectivity index (χ0n) is 8.08. The van der Waals surface area contributed by atoms with Crippen LogP contribution in [0.4, 0.5) is 8.78 Å². The minimum atomic E-state index is -0.760. The van der Waals surface area contributed by atoms with Gasteiger partial charge >= 0.3 is 0 Å². The summed E-state index contributed by atoms with van der Waals surface area (Å²) in [5, 5.41) is 0. The highest BCUT2D eigenvalue weighted by molar-refractivity contribution is 9.10. The van der Waals surface area contributed by atoms with Crippen LogP contribution in [0.15, 0.2) is 39.6 Å². The first kappa shape index (κ1) is 11.3. The molecule has 1 atom stereocenters. The van der Waals surface area contributed by atoms with Gasteiger partial charge in [0.25, 0.3) is 0 Å². The Bertz CT molecular complexity index is 512. The second-order valence-electron chi connectivity index (χ2n) is 3.29. The Kier molecular flexibility index (Phi) is 3.07. The van der Waals surface area contributed by atoms with Gasteiger partial charge in [-0.05, 0) is 40.2 Å². The molecule has 0 aliphatic carbocycles. The molecule has 16 heavy (non-hydrogen) atoms. The number of hydrogen-bond acceptors (Lipinski definition) is 2. The van der Waals surface area contributed by atoms with Crippen molar-refractivity contribution in [1.29, 1.82) is 0 Å². The number of halogens is 3. The largest absolute Gasteiger partial charge is 0.457 e. The lowest BCUT2D eigenvalue weighted by Crippen LogP contribution is -2.13. The molecule has 0 saturated heterocycles. The molecule has 0 aliphatic rings. The fraction of sp³-hybridized carbons (Fsp3) is 0.0909. The normalized spacial score (nSPS) is 12.8. The first-order chi connectivity index (χ1) is 7.59. The Morgan fingerprint density at radius 3 is 2.56 bits per heavy atom. The molecule has 1 unspecified atom stereocenters. The molecule has 2 nitrogen and oxygen atoms in total. The minimum absolute atomic E-state index is 0.0992. The number of furan rings is 1. The van der Waals surface area contributed by atoms with Crippen molar-refractivity contribution in [2.24, 2.45) is 5.73 Å². The van der Waals surface area contributed by atoms with Crippen molar-refractivity contribution in [2.75, 3.05) is 0 Å². The van der Waals surface area contributed by atoms with Crippen LogP contribution in [0.3, 0.4) is 0 Å². The van der Waals surface area contributed by atoms with Gasteiger partial charge in [-0.2, -0.15) is 0 Å². The van der Waals surface area contributed by atoms with Gasteiger partial charge in [-0.25, -0.2) is 8.78 Å². The lowest BCUT2D eigenvalue weighted by atomic mass is 10.0. The Morgan fingerprint density at radius 2 is 1.94 bits per heavy atom. The van der Waals surface area contributed by atoms with Crippen LogP contribution in [0.25, 0.3) is 0 Å². The quantitative estimate of drug-likeness (QED) is 0.920. The third kappa shape index (κ3) is 2.01. The molecule has 0 aliphatic heterocycles. The molecule has 1 aromatic heterocycles. The zero-order valence-corrected chi connectivity index (χ0v) is 9.67. The molecule has 2 aromatic rings. The molecule has 2 N–H and O–H groups in total. The predicted molar refractivity (Wildman–Crippen MR) is 58.8 cm³/mol. The van der Waals surface area contributed by atoms with Crippen LogP contribution >= 0.6 is 15.9 Å². The second kappa shape index (κ2) is 4.35. The summed E-state index contributed by atoms with van der Waals surface area (Å²) in [5.41, 5.74) is 6.51. The lowest BCUT2D eigenvalue weighted by Gasteiger charge is -2.11. The highest BCUT2D eigenvalue weighted by atomic mass is 79.9. The molecule has 2 rings (SSSR count). The summed E-state index contributed by atoms with van der Waals surface area (Å²) in [7, 11) is 0. The van der Waals surface area contributed by atoms with Crippen molar-refractivity contribution in [3.8, 4) is 0 Å². The standard InChI is InChI=1S/C11H8BrF2NO/c12-11-7(3-4-16-11)10(15)8-5-6(13)1-2-9(8)14/h1-5,10H,15H2. The van der Waals surface area contributed by atoms with E-state index in [9.17, 15) is 8.78 Å². The fourth-order valence-corrected chi connectivity index (χ4v) is 1.93. The molecule has 84 valence electrons. The highest BCUT2D eigenvalue weighted by Crippen LogP contribution is 2.29. The molecule has 0 spiro atoms. The van der Waals surface area contributed by atoms with Gasteiger partial charge in [-0.1, -0.05) is 0 Å². The molecular formula is C11H8BrF2NO. The maximum Gasteiger partial charge on any atom is 0.174 e. The SMILES string of the molecule is NC(c1cc(F)ccc1F)c1ccoc1Br. The van der Waals surface area contributed by atoms with Gasteiger partial charge in [0, 0.05) is 11.1 Å². The van der Waals surface area contributed by atoms with Crippen LogP contribution in [0.2, 0.25) is 0 Å². The fourth-order valence-electron chi connectivity index (χ4n) is 1.45. The summed E-state index contributed by atoms with van der Waals surface area (Å²) >= 11 is 3.14. The molecule has 0 bridgehead atoms. The van der Waals surface area contributed by atoms with Gasteiger partial charge in [0.15, 0.2) is 4.67 Å². The molecule has 5 heteroatoms. The van der Waals surface area contributed by atoms with Gasteiger partial charge in [-0.15, -0.1) is 0 Å². The number of benzene rings is 1. The van der Waals surface area contributed by atoms with Crippen molar-refractivity contribution in [3.63, 3.8) is 0 Å². The maximum absolute atomic E-state index is 13.5. The maximum atomic E-state index is 13.5. The van der Waals surface area contributed by atoms with Crippen molar-refractivity contribution < 1.29 is 13.2 Å². The lowest BCUT2D eigenvalue weighted by molar-refractivity contribution is 0.531. The van der Waals surface area contributed by atoms with Crippen molar-refractivity contribution in [2.45, 2.75) is 6.04 Å². The van der Waals surface area contributed by atoms with E-state index in [0.717, 1.165) is 18.2 Å². The Balaban J connectivity index is 2.45. The van der Waals surface area contributed by atoms with E-state index in [1.165, 1.54) is 6.26 Å². The predicted octanol–water partition coefficient (Wildman–Crippen LogP) is 3.37. The molecule has 0 amide bonds. The van der Waals surface area contributed by atoms with Crippen LogP contribution < -0.4 is 5.73 Å². The van der Waals surface area contributed by atoms with Gasteiger partial charge in [-0.3, -0.25) is 0 Å². The van der Waals surface area contributed by atoms with E-state index in [1.807, 2.05) is 0 Å². The third-order valence-electron chi connectivity index (χ3n) is 2.27. The van der Waals surface area contributed by atoms with Crippen molar-refractivity contribution >= 4 is 15.9 Å². The number of rotatable bonds is 2. The summed E-state index contributed by atoms with van der Waals surface area (Å²) < 4.78 is 31.9. The minimum Gasteiger partial charge on any atom is -0.457 e. The van der Waals surface area contributed by atoms with Gasteiger partial charge in [0.2, 0.25) is 0 Å². The van der Waals surface area contributed by atoms with Crippen LogP contribution in [0.5, 0.6) is 0 Å². The summed E-state index contributed by atoms with van der Waals surface area (Å²) in [6, 6.07) is 4.04. The summed E-state index contributed by atoms with van der Waals surface area (Å²) in [6.07, 6.45) is 1.43. The van der Waals surface area contributed by atoms with Crippen molar-refractivity contribution in [1.82, 2.24) is 0 Å². The van der Waals surface area contributed by atoms with E-state index < -0.39 is 17.7 Å². The number of nitrogens with two attached hydrogens (primary N) is 1. The van der Waals surface area contributed by atoms with Crippen molar-refractivity contribution in [3.05, 3.63) is 58.0 Å². The number of hydrogen-bond donors (Lipinski definition) is 1. The van der Waals surface area contributed by atoms with Crippen LogP contribution in [0.1, 0.15) is 17.2 Å². The Hall–Kier alpha value is -1.20. The third-order valence-corrected chi connectivity index (χ3v) is 2.92. The van der Waals surface area contributed by atoms with Gasteiger partial charge < -0.3 is 10.2 Å². The molecule has 0 radical (unpaired) electrons. The first-order valence-corrected chi connectivity index (χ1v) is 5.32. The van der Waals surface area contributed by atoms with E-state index in [4.69, 9.17) is 10.2 Å². The average molecular weight is 288 g/mol. The zero-order chi connectivity index (χ0) is 11.7. The molecule has 1 heterocycles. The highest BCUT2D eigenvalue weighted by Gasteiger charge is 2.18.